The molecule has 0 aliphatic carbocycles. The maximum absolute atomic E-state index is 8.79. The molecule has 0 saturated carbocycles. The van der Waals surface area contributed by atoms with E-state index in [0.717, 1.165) is 25.3 Å². The molecule has 4 heteroatoms. The van der Waals surface area contributed by atoms with Gasteiger partial charge >= 0.3 is 0 Å². The molecule has 0 spiro atoms. The van der Waals surface area contributed by atoms with Gasteiger partial charge in [0, 0.05) is 37.5 Å². The van der Waals surface area contributed by atoms with Gasteiger partial charge in [0.05, 0.1) is 11.2 Å². The minimum Gasteiger partial charge on any atom is -0.396 e. The molecule has 1 aliphatic heterocycles. The number of aromatic nitrogens is 1. The lowest BCUT2D eigenvalue weighted by Gasteiger charge is -2.37. The average molecular weight is 184 g/mol. The average Bonchev–Trinajstić information content (AvgIpc) is 2.47. The molecule has 1 aromatic rings. The van der Waals surface area contributed by atoms with Crippen LogP contribution in [-0.4, -0.2) is 34.7 Å². The van der Waals surface area contributed by atoms with Crippen molar-refractivity contribution in [2.45, 2.75) is 6.54 Å². The Hall–Kier alpha value is -0.450. The van der Waals surface area contributed by atoms with Gasteiger partial charge in [0.2, 0.25) is 0 Å². The minimum atomic E-state index is 0.327. The van der Waals surface area contributed by atoms with Gasteiger partial charge in [-0.2, -0.15) is 0 Å². The molecule has 3 nitrogen and oxygen atoms in total. The summed E-state index contributed by atoms with van der Waals surface area (Å²) in [5.41, 5.74) is 3.01. The van der Waals surface area contributed by atoms with Crippen molar-refractivity contribution >= 4 is 11.3 Å². The van der Waals surface area contributed by atoms with Gasteiger partial charge in [-0.25, -0.2) is 4.98 Å². The van der Waals surface area contributed by atoms with Crippen molar-refractivity contribution in [3.8, 4) is 0 Å². The van der Waals surface area contributed by atoms with Gasteiger partial charge in [-0.3, -0.25) is 4.90 Å². The summed E-state index contributed by atoms with van der Waals surface area (Å²) in [5.74, 6) is 0.503. The monoisotopic (exact) mass is 184 g/mol. The highest BCUT2D eigenvalue weighted by atomic mass is 32.1. The van der Waals surface area contributed by atoms with Crippen LogP contribution < -0.4 is 0 Å². The molecule has 12 heavy (non-hydrogen) atoms. The molecule has 2 rings (SSSR count). The fourth-order valence-electron chi connectivity index (χ4n) is 1.47. The highest BCUT2D eigenvalue weighted by Crippen LogP contribution is 2.17. The number of rotatable bonds is 3. The van der Waals surface area contributed by atoms with E-state index >= 15 is 0 Å². The normalized spacial score (nSPS) is 19.4. The fraction of sp³-hybridized carbons (Fsp3) is 0.625. The molecule has 66 valence electrons. The zero-order valence-corrected chi connectivity index (χ0v) is 7.63. The number of aliphatic hydroxyl groups is 1. The number of hydrogen-bond donors (Lipinski definition) is 1. The first-order valence-corrected chi connectivity index (χ1v) is 5.03. The van der Waals surface area contributed by atoms with E-state index in [1.54, 1.807) is 11.3 Å². The van der Waals surface area contributed by atoms with Crippen LogP contribution in [0, 0.1) is 5.92 Å². The van der Waals surface area contributed by atoms with E-state index in [2.05, 4.69) is 15.3 Å². The lowest BCUT2D eigenvalue weighted by molar-refractivity contribution is 0.0471. The van der Waals surface area contributed by atoms with Gasteiger partial charge in [-0.15, -0.1) is 11.3 Å². The second-order valence-corrected chi connectivity index (χ2v) is 3.94. The number of hydrogen-bond acceptors (Lipinski definition) is 4. The van der Waals surface area contributed by atoms with Gasteiger partial charge in [0.25, 0.3) is 0 Å². The van der Waals surface area contributed by atoms with E-state index in [0.29, 0.717) is 12.5 Å². The number of likely N-dealkylation sites (tertiary alicyclic amines) is 1. The smallest absolute Gasteiger partial charge is 0.0795 e. The molecule has 1 aromatic heterocycles. The molecule has 0 aromatic carbocycles. The first kappa shape index (κ1) is 8.16. The lowest BCUT2D eigenvalue weighted by atomic mass is 10.0. The van der Waals surface area contributed by atoms with Gasteiger partial charge in [0.15, 0.2) is 0 Å². The Balaban J connectivity index is 1.77. The first-order chi connectivity index (χ1) is 5.88. The van der Waals surface area contributed by atoms with Gasteiger partial charge in [-0.05, 0) is 0 Å². The van der Waals surface area contributed by atoms with Gasteiger partial charge < -0.3 is 5.11 Å². The second-order valence-electron chi connectivity index (χ2n) is 3.22. The summed E-state index contributed by atoms with van der Waals surface area (Å²) in [4.78, 5) is 6.50. The number of nitrogens with zero attached hydrogens (tertiary/aromatic N) is 2. The van der Waals surface area contributed by atoms with E-state index in [9.17, 15) is 0 Å². The molecular formula is C8H12N2OS. The Morgan fingerprint density at radius 2 is 2.50 bits per heavy atom. The predicted molar refractivity (Wildman–Crippen MR) is 48.0 cm³/mol. The van der Waals surface area contributed by atoms with Crippen molar-refractivity contribution in [1.82, 2.24) is 9.88 Å². The molecule has 0 amide bonds. The molecular weight excluding hydrogens is 172 g/mol. The predicted octanol–water partition coefficient (Wildman–Crippen LogP) is 0.567. The van der Waals surface area contributed by atoms with Crippen molar-refractivity contribution in [2.75, 3.05) is 19.7 Å². The summed E-state index contributed by atoms with van der Waals surface area (Å²) in [6.45, 7) is 3.32. The van der Waals surface area contributed by atoms with Crippen LogP contribution in [0.3, 0.4) is 0 Å². The van der Waals surface area contributed by atoms with Crippen LogP contribution in [0.2, 0.25) is 0 Å². The summed E-state index contributed by atoms with van der Waals surface area (Å²) in [6, 6.07) is 0. The van der Waals surface area contributed by atoms with Crippen LogP contribution in [0.5, 0.6) is 0 Å². The SMILES string of the molecule is OCC1CN(Cc2cscn2)C1. The van der Waals surface area contributed by atoms with Crippen LogP contribution in [0.25, 0.3) is 0 Å². The Morgan fingerprint density at radius 1 is 1.67 bits per heavy atom. The lowest BCUT2D eigenvalue weighted by Crippen LogP contribution is -2.47. The first-order valence-electron chi connectivity index (χ1n) is 4.09. The summed E-state index contributed by atoms with van der Waals surface area (Å²) in [6.07, 6.45) is 0. The van der Waals surface area contributed by atoms with Crippen LogP contribution in [-0.2, 0) is 6.54 Å². The summed E-state index contributed by atoms with van der Waals surface area (Å²) in [5, 5.41) is 10.9. The van der Waals surface area contributed by atoms with Crippen molar-refractivity contribution in [3.63, 3.8) is 0 Å². The van der Waals surface area contributed by atoms with Crippen molar-refractivity contribution in [1.29, 1.82) is 0 Å². The molecule has 2 heterocycles. The molecule has 0 radical (unpaired) electrons. The maximum atomic E-state index is 8.79. The van der Waals surface area contributed by atoms with Crippen molar-refractivity contribution in [2.24, 2.45) is 5.92 Å². The van der Waals surface area contributed by atoms with E-state index in [4.69, 9.17) is 5.11 Å². The molecule has 1 saturated heterocycles. The number of aliphatic hydroxyl groups excluding tert-OH is 1. The van der Waals surface area contributed by atoms with E-state index in [1.165, 1.54) is 0 Å². The highest BCUT2D eigenvalue weighted by Gasteiger charge is 2.25. The van der Waals surface area contributed by atoms with E-state index in [-0.39, 0.29) is 0 Å². The topological polar surface area (TPSA) is 36.4 Å². The Kier molecular flexibility index (Phi) is 2.39. The van der Waals surface area contributed by atoms with E-state index < -0.39 is 0 Å². The molecule has 0 unspecified atom stereocenters. The summed E-state index contributed by atoms with van der Waals surface area (Å²) >= 11 is 1.64. The highest BCUT2D eigenvalue weighted by molar-refractivity contribution is 7.07. The third-order valence-electron chi connectivity index (χ3n) is 2.16. The van der Waals surface area contributed by atoms with Crippen LogP contribution in [0.4, 0.5) is 0 Å². The minimum absolute atomic E-state index is 0.327. The fourth-order valence-corrected chi connectivity index (χ4v) is 2.02. The molecule has 0 bridgehead atoms. The molecule has 1 aliphatic rings. The third kappa shape index (κ3) is 1.65. The molecule has 0 atom stereocenters. The Labute approximate surface area is 75.7 Å². The zero-order chi connectivity index (χ0) is 8.39. The van der Waals surface area contributed by atoms with Gasteiger partial charge in [-0.1, -0.05) is 0 Å². The zero-order valence-electron chi connectivity index (χ0n) is 6.81. The Morgan fingerprint density at radius 3 is 3.08 bits per heavy atom. The second kappa shape index (κ2) is 3.51. The Bertz CT molecular complexity index is 231. The maximum Gasteiger partial charge on any atom is 0.0795 e. The van der Waals surface area contributed by atoms with Crippen molar-refractivity contribution in [3.05, 3.63) is 16.6 Å². The van der Waals surface area contributed by atoms with Crippen LogP contribution >= 0.6 is 11.3 Å². The van der Waals surface area contributed by atoms with Crippen LogP contribution in [0.15, 0.2) is 10.9 Å². The van der Waals surface area contributed by atoms with Gasteiger partial charge in [0.1, 0.15) is 0 Å². The summed E-state index contributed by atoms with van der Waals surface area (Å²) < 4.78 is 0. The van der Waals surface area contributed by atoms with Crippen molar-refractivity contribution < 1.29 is 5.11 Å². The molecule has 1 fully saturated rings. The standard InChI is InChI=1S/C8H12N2OS/c11-4-7-1-10(2-7)3-8-5-12-6-9-8/h5-7,11H,1-4H2. The quantitative estimate of drug-likeness (QED) is 0.746. The summed E-state index contributed by atoms with van der Waals surface area (Å²) in [7, 11) is 0. The molecule has 1 N–H and O–H groups in total. The van der Waals surface area contributed by atoms with E-state index in [1.807, 2.05) is 5.51 Å². The number of thiazole rings is 1. The largest absolute Gasteiger partial charge is 0.396 e. The van der Waals surface area contributed by atoms with Crippen LogP contribution in [0.1, 0.15) is 5.69 Å². The third-order valence-corrected chi connectivity index (χ3v) is 2.80.